The molecule has 6 nitrogen and oxygen atoms in total. The molecular weight excluding hydrogens is 344 g/mol. The van der Waals surface area contributed by atoms with E-state index in [9.17, 15) is 14.4 Å². The molecule has 0 spiro atoms. The van der Waals surface area contributed by atoms with Crippen LogP contribution in [0.15, 0.2) is 77.7 Å². The quantitative estimate of drug-likeness (QED) is 0.682. The van der Waals surface area contributed by atoms with Crippen molar-refractivity contribution in [3.8, 4) is 11.1 Å². The maximum atomic E-state index is 12.5. The molecule has 3 rings (SSSR count). The summed E-state index contributed by atoms with van der Waals surface area (Å²) in [5.74, 6) is -1.34. The van der Waals surface area contributed by atoms with Crippen molar-refractivity contribution in [1.29, 1.82) is 0 Å². The van der Waals surface area contributed by atoms with Crippen LogP contribution in [0.25, 0.3) is 11.1 Å². The van der Waals surface area contributed by atoms with Gasteiger partial charge in [-0.3, -0.25) is 9.59 Å². The van der Waals surface area contributed by atoms with E-state index in [2.05, 4.69) is 10.3 Å². The first kappa shape index (κ1) is 18.1. The lowest BCUT2D eigenvalue weighted by molar-refractivity contribution is -0.123. The molecule has 2 N–H and O–H groups in total. The van der Waals surface area contributed by atoms with Gasteiger partial charge in [-0.25, -0.2) is 4.79 Å². The molecule has 0 saturated heterocycles. The Bertz CT molecular complexity index is 1010. The SMILES string of the molecule is C[C@@H](OC(=O)c1ccc[nH]c1=O)C(=O)Nc1ccccc1-c1ccccc1. The first-order valence-corrected chi connectivity index (χ1v) is 8.40. The van der Waals surface area contributed by atoms with Crippen LogP contribution in [0.1, 0.15) is 17.3 Å². The van der Waals surface area contributed by atoms with Crippen molar-refractivity contribution < 1.29 is 14.3 Å². The van der Waals surface area contributed by atoms with Gasteiger partial charge in [0.15, 0.2) is 6.10 Å². The lowest BCUT2D eigenvalue weighted by atomic mass is 10.0. The second-order valence-corrected chi connectivity index (χ2v) is 5.86. The fourth-order valence-corrected chi connectivity index (χ4v) is 2.56. The number of H-pyrrole nitrogens is 1. The summed E-state index contributed by atoms with van der Waals surface area (Å²) in [6.45, 7) is 1.45. The van der Waals surface area contributed by atoms with Gasteiger partial charge in [-0.15, -0.1) is 0 Å². The zero-order chi connectivity index (χ0) is 19.2. The lowest BCUT2D eigenvalue weighted by Crippen LogP contribution is -2.31. The Kier molecular flexibility index (Phi) is 5.47. The van der Waals surface area contributed by atoms with Crippen LogP contribution in [-0.4, -0.2) is 23.0 Å². The summed E-state index contributed by atoms with van der Waals surface area (Å²) >= 11 is 0. The summed E-state index contributed by atoms with van der Waals surface area (Å²) in [7, 11) is 0. The molecule has 2 aromatic carbocycles. The van der Waals surface area contributed by atoms with Crippen molar-refractivity contribution in [2.45, 2.75) is 13.0 Å². The van der Waals surface area contributed by atoms with Gasteiger partial charge in [0.05, 0.1) is 0 Å². The van der Waals surface area contributed by atoms with Crippen LogP contribution in [-0.2, 0) is 9.53 Å². The van der Waals surface area contributed by atoms with Crippen LogP contribution in [0.2, 0.25) is 0 Å². The minimum Gasteiger partial charge on any atom is -0.449 e. The number of anilines is 1. The zero-order valence-electron chi connectivity index (χ0n) is 14.6. The van der Waals surface area contributed by atoms with Gasteiger partial charge in [0.1, 0.15) is 5.56 Å². The van der Waals surface area contributed by atoms with Gasteiger partial charge in [0.25, 0.3) is 11.5 Å². The van der Waals surface area contributed by atoms with E-state index < -0.39 is 23.5 Å². The predicted molar refractivity (Wildman–Crippen MR) is 102 cm³/mol. The molecule has 136 valence electrons. The molecule has 1 aromatic heterocycles. The molecule has 0 radical (unpaired) electrons. The number of benzene rings is 2. The monoisotopic (exact) mass is 362 g/mol. The number of ether oxygens (including phenoxy) is 1. The highest BCUT2D eigenvalue weighted by molar-refractivity contribution is 5.99. The Morgan fingerprint density at radius 2 is 1.67 bits per heavy atom. The third kappa shape index (κ3) is 4.30. The van der Waals surface area contributed by atoms with Crippen molar-refractivity contribution in [3.05, 3.63) is 88.8 Å². The molecule has 0 aliphatic carbocycles. The minimum atomic E-state index is -1.07. The Hall–Kier alpha value is -3.67. The second-order valence-electron chi connectivity index (χ2n) is 5.86. The van der Waals surface area contributed by atoms with E-state index in [1.54, 1.807) is 6.07 Å². The normalized spacial score (nSPS) is 11.4. The Morgan fingerprint density at radius 3 is 2.41 bits per heavy atom. The standard InChI is InChI=1S/C21H18N2O4/c1-14(27-21(26)17-11-7-13-22-20(17)25)19(24)23-18-12-6-5-10-16(18)15-8-3-2-4-9-15/h2-14H,1H3,(H,22,25)(H,23,24)/t14-/m1/s1. The maximum Gasteiger partial charge on any atom is 0.344 e. The third-order valence-electron chi connectivity index (χ3n) is 3.96. The fraction of sp³-hybridized carbons (Fsp3) is 0.0952. The second kappa shape index (κ2) is 8.14. The number of hydrogen-bond donors (Lipinski definition) is 2. The van der Waals surface area contributed by atoms with Crippen LogP contribution in [0.4, 0.5) is 5.69 Å². The molecule has 1 heterocycles. The molecule has 1 amide bonds. The first-order chi connectivity index (χ1) is 13.1. The van der Waals surface area contributed by atoms with Gasteiger partial charge in [-0.2, -0.15) is 0 Å². The molecule has 3 aromatic rings. The molecule has 0 fully saturated rings. The minimum absolute atomic E-state index is 0.151. The van der Waals surface area contributed by atoms with Gasteiger partial charge >= 0.3 is 5.97 Å². The van der Waals surface area contributed by atoms with Crippen molar-refractivity contribution in [2.75, 3.05) is 5.32 Å². The van der Waals surface area contributed by atoms with Crippen molar-refractivity contribution in [2.24, 2.45) is 0 Å². The van der Waals surface area contributed by atoms with Gasteiger partial charge in [-0.05, 0) is 30.7 Å². The summed E-state index contributed by atoms with van der Waals surface area (Å²) in [6, 6.07) is 19.8. The molecule has 27 heavy (non-hydrogen) atoms. The zero-order valence-corrected chi connectivity index (χ0v) is 14.6. The van der Waals surface area contributed by atoms with Crippen molar-refractivity contribution in [1.82, 2.24) is 4.98 Å². The molecular formula is C21H18N2O4. The van der Waals surface area contributed by atoms with Crippen molar-refractivity contribution in [3.63, 3.8) is 0 Å². The lowest BCUT2D eigenvalue weighted by Gasteiger charge is -2.15. The third-order valence-corrected chi connectivity index (χ3v) is 3.96. The topological polar surface area (TPSA) is 88.3 Å². The van der Waals surface area contributed by atoms with Gasteiger partial charge in [-0.1, -0.05) is 48.5 Å². The Labute approximate surface area is 155 Å². The van der Waals surface area contributed by atoms with Crippen LogP contribution in [0, 0.1) is 0 Å². The summed E-state index contributed by atoms with van der Waals surface area (Å²) in [4.78, 5) is 38.6. The van der Waals surface area contributed by atoms with Crippen LogP contribution in [0.5, 0.6) is 0 Å². The van der Waals surface area contributed by atoms with E-state index in [1.165, 1.54) is 25.3 Å². The first-order valence-electron chi connectivity index (χ1n) is 8.40. The molecule has 1 atom stereocenters. The van der Waals surface area contributed by atoms with Crippen LogP contribution < -0.4 is 10.9 Å². The summed E-state index contributed by atoms with van der Waals surface area (Å²) in [5, 5.41) is 2.78. The number of amides is 1. The number of esters is 1. The molecule has 0 aliphatic rings. The van der Waals surface area contributed by atoms with Crippen molar-refractivity contribution >= 4 is 17.6 Å². The maximum absolute atomic E-state index is 12.5. The number of carbonyl (C=O) groups excluding carboxylic acids is 2. The fourth-order valence-electron chi connectivity index (χ4n) is 2.56. The average molecular weight is 362 g/mol. The molecule has 0 saturated carbocycles. The number of hydrogen-bond acceptors (Lipinski definition) is 4. The number of aromatic nitrogens is 1. The van der Waals surface area contributed by atoms with Crippen LogP contribution in [0.3, 0.4) is 0 Å². The summed E-state index contributed by atoms with van der Waals surface area (Å²) in [6.07, 6.45) is 0.344. The van der Waals surface area contributed by atoms with Gasteiger partial charge in [0, 0.05) is 17.4 Å². The highest BCUT2D eigenvalue weighted by atomic mass is 16.5. The van der Waals surface area contributed by atoms with Crippen LogP contribution >= 0.6 is 0 Å². The number of carbonyl (C=O) groups is 2. The highest BCUT2D eigenvalue weighted by Crippen LogP contribution is 2.27. The van der Waals surface area contributed by atoms with E-state index in [-0.39, 0.29) is 5.56 Å². The van der Waals surface area contributed by atoms with E-state index in [1.807, 2.05) is 48.5 Å². The number of rotatable bonds is 5. The smallest absolute Gasteiger partial charge is 0.344 e. The van der Waals surface area contributed by atoms with Gasteiger partial charge < -0.3 is 15.0 Å². The van der Waals surface area contributed by atoms with E-state index in [0.717, 1.165) is 11.1 Å². The number of pyridine rings is 1. The number of aromatic amines is 1. The van der Waals surface area contributed by atoms with E-state index in [0.29, 0.717) is 5.69 Å². The van der Waals surface area contributed by atoms with Gasteiger partial charge in [0.2, 0.25) is 0 Å². The molecule has 0 unspecified atom stereocenters. The van der Waals surface area contributed by atoms with E-state index in [4.69, 9.17) is 4.74 Å². The average Bonchev–Trinajstić information content (AvgIpc) is 2.69. The Morgan fingerprint density at radius 1 is 0.963 bits per heavy atom. The Balaban J connectivity index is 1.73. The predicted octanol–water partition coefficient (Wildman–Crippen LogP) is 3.23. The van der Waals surface area contributed by atoms with E-state index >= 15 is 0 Å². The summed E-state index contributed by atoms with van der Waals surface area (Å²) in [5.41, 5.74) is 1.69. The molecule has 0 bridgehead atoms. The highest BCUT2D eigenvalue weighted by Gasteiger charge is 2.21. The largest absolute Gasteiger partial charge is 0.449 e. The number of para-hydroxylation sites is 1. The summed E-state index contributed by atoms with van der Waals surface area (Å²) < 4.78 is 5.13. The molecule has 0 aliphatic heterocycles. The molecule has 6 heteroatoms. The number of nitrogens with one attached hydrogen (secondary N) is 2.